The molecule has 2 aromatic carbocycles. The summed E-state index contributed by atoms with van der Waals surface area (Å²) in [7, 11) is 2.67. The average molecular weight is 319 g/mol. The van der Waals surface area contributed by atoms with Crippen LogP contribution in [0, 0.1) is 28.4 Å². The smallest absolute Gasteiger partial charge is 0.172 e. The number of nitriles is 1. The van der Waals surface area contributed by atoms with Crippen molar-refractivity contribution in [3.8, 4) is 17.6 Å². The van der Waals surface area contributed by atoms with Gasteiger partial charge in [-0.15, -0.1) is 0 Å². The number of para-hydroxylation sites is 2. The lowest BCUT2D eigenvalue weighted by Crippen LogP contribution is -2.13. The molecule has 0 heterocycles. The number of halogens is 2. The van der Waals surface area contributed by atoms with E-state index in [2.05, 4.69) is 4.74 Å². The highest BCUT2D eigenvalue weighted by atomic mass is 19.1. The van der Waals surface area contributed by atoms with Crippen molar-refractivity contribution < 1.29 is 18.3 Å². The zero-order chi connectivity index (χ0) is 17.4. The fourth-order valence-corrected chi connectivity index (χ4v) is 1.73. The zero-order valence-corrected chi connectivity index (χ0v) is 12.6. The minimum Gasteiger partial charge on any atom is -0.493 e. The third-order valence-electron chi connectivity index (χ3n) is 2.75. The molecule has 23 heavy (non-hydrogen) atoms. The Labute approximate surface area is 132 Å². The summed E-state index contributed by atoms with van der Waals surface area (Å²) >= 11 is 0. The molecule has 0 aliphatic heterocycles. The molecule has 0 saturated carbocycles. The summed E-state index contributed by atoms with van der Waals surface area (Å²) < 4.78 is 35.1. The lowest BCUT2D eigenvalue weighted by molar-refractivity contribution is 0.385. The van der Waals surface area contributed by atoms with E-state index < -0.39 is 11.6 Å². The number of hydrogen-bond donors (Lipinski definition) is 2. The maximum Gasteiger partial charge on any atom is 0.172 e. The Bertz CT molecular complexity index is 743. The number of hydrogen-bond acceptors (Lipinski definition) is 4. The third kappa shape index (κ3) is 4.41. The fraction of sp³-hybridized carbons (Fsp3) is 0.125. The number of nitrogens with zero attached hydrogens (tertiary/aromatic N) is 1. The maximum atomic E-state index is 12.9. The molecule has 5 nitrogen and oxygen atoms in total. The number of methoxy groups -OCH3 is 2. The molecule has 0 saturated heterocycles. The number of rotatable bonds is 3. The molecule has 3 N–H and O–H groups in total. The molecule has 2 rings (SSSR count). The molecule has 0 spiro atoms. The van der Waals surface area contributed by atoms with Gasteiger partial charge in [0.25, 0.3) is 0 Å². The van der Waals surface area contributed by atoms with E-state index in [0.29, 0.717) is 0 Å². The van der Waals surface area contributed by atoms with E-state index in [9.17, 15) is 8.78 Å². The highest BCUT2D eigenvalue weighted by Crippen LogP contribution is 2.21. The Morgan fingerprint density at radius 2 is 1.57 bits per heavy atom. The molecule has 7 heteroatoms. The molecular weight excluding hydrogens is 304 g/mol. The average Bonchev–Trinajstić information content (AvgIpc) is 2.54. The van der Waals surface area contributed by atoms with Crippen LogP contribution in [0.2, 0.25) is 0 Å². The zero-order valence-electron chi connectivity index (χ0n) is 12.6. The van der Waals surface area contributed by atoms with Gasteiger partial charge in [-0.05, 0) is 24.3 Å². The van der Waals surface area contributed by atoms with Crippen LogP contribution in [0.25, 0.3) is 0 Å². The molecule has 0 unspecified atom stereocenters. The summed E-state index contributed by atoms with van der Waals surface area (Å²) in [6.07, 6.45) is 0. The Morgan fingerprint density at radius 3 is 1.96 bits per heavy atom. The van der Waals surface area contributed by atoms with E-state index in [4.69, 9.17) is 21.1 Å². The van der Waals surface area contributed by atoms with Gasteiger partial charge in [-0.1, -0.05) is 12.1 Å². The van der Waals surface area contributed by atoms with Crippen molar-refractivity contribution in [3.63, 3.8) is 0 Å². The van der Waals surface area contributed by atoms with Crippen molar-refractivity contribution in [2.45, 2.75) is 0 Å². The molecular formula is C16H15F2N3O2. The maximum absolute atomic E-state index is 12.9. The number of nitrogens with one attached hydrogen (secondary N) is 1. The van der Waals surface area contributed by atoms with E-state index in [0.717, 1.165) is 0 Å². The van der Waals surface area contributed by atoms with Gasteiger partial charge in [-0.3, -0.25) is 5.41 Å². The summed E-state index contributed by atoms with van der Waals surface area (Å²) in [5.41, 5.74) is 5.69. The van der Waals surface area contributed by atoms with Gasteiger partial charge in [0.2, 0.25) is 0 Å². The van der Waals surface area contributed by atoms with Crippen LogP contribution in [0.3, 0.4) is 0 Å². The van der Waals surface area contributed by atoms with Crippen LogP contribution in [0.4, 0.5) is 8.78 Å². The van der Waals surface area contributed by atoms with Crippen LogP contribution in [-0.4, -0.2) is 20.1 Å². The van der Waals surface area contributed by atoms with Crippen LogP contribution in [0.1, 0.15) is 11.1 Å². The van der Waals surface area contributed by atoms with Crippen LogP contribution in [-0.2, 0) is 0 Å². The molecule has 0 aliphatic rings. The lowest BCUT2D eigenvalue weighted by atomic mass is 10.2. The van der Waals surface area contributed by atoms with E-state index in [1.54, 1.807) is 0 Å². The fourth-order valence-electron chi connectivity index (χ4n) is 1.73. The lowest BCUT2D eigenvalue weighted by Gasteiger charge is -2.06. The Morgan fingerprint density at radius 1 is 1.04 bits per heavy atom. The monoisotopic (exact) mass is 319 g/mol. The van der Waals surface area contributed by atoms with Crippen LogP contribution in [0.5, 0.6) is 11.5 Å². The summed E-state index contributed by atoms with van der Waals surface area (Å²) in [6.45, 7) is 0. The third-order valence-corrected chi connectivity index (χ3v) is 2.75. The molecule has 120 valence electrons. The summed E-state index contributed by atoms with van der Waals surface area (Å²) in [4.78, 5) is 0. The quantitative estimate of drug-likeness (QED) is 0.672. The SMILES string of the molecule is COc1c(F)cccc1C#N.COc1c(F)cccc1C(=N)N. The molecule has 0 fully saturated rings. The van der Waals surface area contributed by atoms with E-state index >= 15 is 0 Å². The molecule has 0 aliphatic carbocycles. The van der Waals surface area contributed by atoms with Gasteiger partial charge < -0.3 is 15.2 Å². The second-order valence-corrected chi connectivity index (χ2v) is 4.17. The van der Waals surface area contributed by atoms with Gasteiger partial charge in [-0.2, -0.15) is 5.26 Å². The standard InChI is InChI=1S/C8H9FN2O.C8H6FNO/c1-12-7-5(8(10)11)3-2-4-6(7)9;1-11-8-6(5-10)3-2-4-7(8)9/h2-4H,1H3,(H3,10,11);2-4H,1H3. The van der Waals surface area contributed by atoms with Crippen molar-refractivity contribution in [2.24, 2.45) is 5.73 Å². The molecule has 0 radical (unpaired) electrons. The Balaban J connectivity index is 0.000000231. The molecule has 2 aromatic rings. The summed E-state index contributed by atoms with van der Waals surface area (Å²) in [5.74, 6) is -1.19. The number of nitrogen functional groups attached to an aromatic ring is 1. The second-order valence-electron chi connectivity index (χ2n) is 4.17. The van der Waals surface area contributed by atoms with Crippen molar-refractivity contribution in [1.29, 1.82) is 10.7 Å². The first-order chi connectivity index (χ1) is 11.0. The predicted octanol–water partition coefficient (Wildman–Crippen LogP) is 2.82. The Hall–Kier alpha value is -3.14. The topological polar surface area (TPSA) is 92.1 Å². The molecule has 0 bridgehead atoms. The highest BCUT2D eigenvalue weighted by molar-refractivity contribution is 5.97. The van der Waals surface area contributed by atoms with Crippen molar-refractivity contribution in [1.82, 2.24) is 0 Å². The molecule has 0 aromatic heterocycles. The van der Waals surface area contributed by atoms with Crippen LogP contribution in [0.15, 0.2) is 36.4 Å². The van der Waals surface area contributed by atoms with E-state index in [1.807, 2.05) is 6.07 Å². The minimum atomic E-state index is -0.509. The number of amidine groups is 1. The number of nitrogens with two attached hydrogens (primary N) is 1. The van der Waals surface area contributed by atoms with Crippen molar-refractivity contribution >= 4 is 5.84 Å². The normalized spacial score (nSPS) is 9.17. The Kier molecular flexibility index (Phi) is 6.49. The summed E-state index contributed by atoms with van der Waals surface area (Å²) in [6, 6.07) is 10.3. The predicted molar refractivity (Wildman–Crippen MR) is 81.6 cm³/mol. The molecule has 0 atom stereocenters. The number of benzene rings is 2. The first kappa shape index (κ1) is 17.9. The van der Waals surface area contributed by atoms with E-state index in [-0.39, 0.29) is 28.5 Å². The van der Waals surface area contributed by atoms with Crippen molar-refractivity contribution in [2.75, 3.05) is 14.2 Å². The van der Waals surface area contributed by atoms with Gasteiger partial charge in [-0.25, -0.2) is 8.78 Å². The minimum absolute atomic E-state index is 0.00926. The number of ether oxygens (including phenoxy) is 2. The van der Waals surface area contributed by atoms with Crippen molar-refractivity contribution in [3.05, 3.63) is 59.2 Å². The van der Waals surface area contributed by atoms with Gasteiger partial charge >= 0.3 is 0 Å². The van der Waals surface area contributed by atoms with E-state index in [1.165, 1.54) is 50.6 Å². The van der Waals surface area contributed by atoms with Gasteiger partial charge in [0.05, 0.1) is 25.3 Å². The summed E-state index contributed by atoms with van der Waals surface area (Å²) in [5, 5.41) is 15.6. The highest BCUT2D eigenvalue weighted by Gasteiger charge is 2.09. The molecule has 0 amide bonds. The largest absolute Gasteiger partial charge is 0.493 e. The van der Waals surface area contributed by atoms with Crippen LogP contribution < -0.4 is 15.2 Å². The first-order valence-corrected chi connectivity index (χ1v) is 6.35. The second kappa shape index (κ2) is 8.34. The van der Waals surface area contributed by atoms with Crippen LogP contribution >= 0.6 is 0 Å². The van der Waals surface area contributed by atoms with Gasteiger partial charge in [0.1, 0.15) is 11.9 Å². The van der Waals surface area contributed by atoms with Gasteiger partial charge in [0, 0.05) is 0 Å². The first-order valence-electron chi connectivity index (χ1n) is 6.35. The van der Waals surface area contributed by atoms with Gasteiger partial charge in [0.15, 0.2) is 23.1 Å².